The number of hydrogen-bond acceptors (Lipinski definition) is 5. The number of pyridine rings is 1. The van der Waals surface area contributed by atoms with Crippen LogP contribution >= 0.6 is 0 Å². The molecule has 5 nitrogen and oxygen atoms in total. The van der Waals surface area contributed by atoms with Crippen LogP contribution in [0.25, 0.3) is 0 Å². The lowest BCUT2D eigenvalue weighted by atomic mass is 9.87. The third-order valence-electron chi connectivity index (χ3n) is 5.15. The Morgan fingerprint density at radius 3 is 2.61 bits per heavy atom. The summed E-state index contributed by atoms with van der Waals surface area (Å²) in [6, 6.07) is 7.95. The fourth-order valence-electron chi connectivity index (χ4n) is 3.85. The molecule has 6 rings (SSSR count). The van der Waals surface area contributed by atoms with Gasteiger partial charge in [0, 0.05) is 30.8 Å². The molecule has 3 saturated heterocycles. The van der Waals surface area contributed by atoms with E-state index in [9.17, 15) is 4.39 Å². The molecule has 2 unspecified atom stereocenters. The summed E-state index contributed by atoms with van der Waals surface area (Å²) in [5.74, 6) is 2.02. The lowest BCUT2D eigenvalue weighted by Crippen LogP contribution is -2.69. The Morgan fingerprint density at radius 1 is 1.04 bits per heavy atom. The zero-order valence-electron chi connectivity index (χ0n) is 12.8. The van der Waals surface area contributed by atoms with Gasteiger partial charge in [-0.05, 0) is 31.4 Å². The summed E-state index contributed by atoms with van der Waals surface area (Å²) in [7, 11) is 0. The van der Waals surface area contributed by atoms with Gasteiger partial charge in [-0.1, -0.05) is 6.07 Å². The Hall–Kier alpha value is -2.24. The Bertz CT molecular complexity index is 735. The van der Waals surface area contributed by atoms with Crippen LogP contribution in [0.4, 0.5) is 16.0 Å². The molecule has 0 amide bonds. The van der Waals surface area contributed by atoms with Crippen LogP contribution in [-0.2, 0) is 0 Å². The van der Waals surface area contributed by atoms with E-state index in [1.54, 1.807) is 12.4 Å². The molecule has 0 radical (unpaired) electrons. The highest BCUT2D eigenvalue weighted by atomic mass is 19.1. The van der Waals surface area contributed by atoms with Gasteiger partial charge in [0.25, 0.3) is 0 Å². The summed E-state index contributed by atoms with van der Waals surface area (Å²) in [4.78, 5) is 17.5. The first-order valence-corrected chi connectivity index (χ1v) is 8.26. The zero-order chi connectivity index (χ0) is 15.4. The number of piperidine rings is 1. The topological polar surface area (TPSA) is 45.2 Å². The smallest absolute Gasteiger partial charge is 0.214 e. The molecule has 2 aromatic heterocycles. The number of halogens is 1. The summed E-state index contributed by atoms with van der Waals surface area (Å²) in [5.41, 5.74) is 1.18. The van der Waals surface area contributed by atoms with Gasteiger partial charge in [0.05, 0.1) is 12.1 Å². The molecule has 23 heavy (non-hydrogen) atoms. The number of piperazine rings is 1. The first kappa shape index (κ1) is 13.2. The summed E-state index contributed by atoms with van der Waals surface area (Å²) in [5, 5.41) is 0. The van der Waals surface area contributed by atoms with Gasteiger partial charge in [0.15, 0.2) is 0 Å². The molecule has 6 heteroatoms. The molecule has 1 saturated carbocycles. The molecule has 5 heterocycles. The quantitative estimate of drug-likeness (QED) is 0.814. The molecule has 2 bridgehead atoms. The van der Waals surface area contributed by atoms with Crippen LogP contribution in [-0.4, -0.2) is 40.1 Å². The molecule has 2 atom stereocenters. The molecule has 2 aromatic rings. The van der Waals surface area contributed by atoms with Gasteiger partial charge >= 0.3 is 0 Å². The Labute approximate surface area is 134 Å². The molecule has 0 N–H and O–H groups in total. The maximum Gasteiger partial charge on any atom is 0.214 e. The van der Waals surface area contributed by atoms with Crippen molar-refractivity contribution in [2.45, 2.75) is 37.3 Å². The van der Waals surface area contributed by atoms with Gasteiger partial charge in [-0.2, -0.15) is 4.39 Å². The molecular formula is C17H18FN5. The largest absolute Gasteiger partial charge is 0.352 e. The average molecular weight is 311 g/mol. The Kier molecular flexibility index (Phi) is 2.80. The van der Waals surface area contributed by atoms with Gasteiger partial charge in [-0.25, -0.2) is 15.0 Å². The average Bonchev–Trinajstić information content (AvgIpc) is 3.40. The van der Waals surface area contributed by atoms with Crippen LogP contribution in [0.3, 0.4) is 0 Å². The SMILES string of the molecule is Fc1cccc(N2C3CC2CN(c2cc(C4CC4)ncn2)C3)n1. The van der Waals surface area contributed by atoms with Crippen molar-refractivity contribution >= 4 is 11.6 Å². The van der Waals surface area contributed by atoms with Crippen molar-refractivity contribution in [3.63, 3.8) is 0 Å². The van der Waals surface area contributed by atoms with E-state index in [4.69, 9.17) is 0 Å². The van der Waals surface area contributed by atoms with Crippen LogP contribution < -0.4 is 9.80 Å². The second-order valence-electron chi connectivity index (χ2n) is 6.75. The number of aromatic nitrogens is 3. The first-order valence-electron chi connectivity index (χ1n) is 8.26. The van der Waals surface area contributed by atoms with Crippen molar-refractivity contribution in [3.8, 4) is 0 Å². The number of nitrogens with zero attached hydrogens (tertiary/aromatic N) is 5. The first-order chi connectivity index (χ1) is 11.3. The molecule has 4 fully saturated rings. The van der Waals surface area contributed by atoms with E-state index < -0.39 is 5.95 Å². The van der Waals surface area contributed by atoms with E-state index in [0.29, 0.717) is 18.0 Å². The molecule has 0 spiro atoms. The summed E-state index contributed by atoms with van der Waals surface area (Å²) in [6.45, 7) is 1.83. The standard InChI is InChI=1S/C17H18FN5/c18-15-2-1-3-16(21-15)23-12-6-13(23)9-22(8-12)17-7-14(11-4-5-11)19-10-20-17/h1-3,7,10-13H,4-6,8-9H2. The van der Waals surface area contributed by atoms with Crippen LogP contribution in [0.1, 0.15) is 30.9 Å². The Balaban J connectivity index is 1.35. The van der Waals surface area contributed by atoms with Crippen LogP contribution in [0, 0.1) is 5.95 Å². The number of fused-ring (bicyclic) bond motifs is 2. The van der Waals surface area contributed by atoms with Crippen molar-refractivity contribution < 1.29 is 4.39 Å². The van der Waals surface area contributed by atoms with E-state index >= 15 is 0 Å². The molecule has 4 aliphatic rings. The fraction of sp³-hybridized carbons (Fsp3) is 0.471. The monoisotopic (exact) mass is 311 g/mol. The third-order valence-corrected chi connectivity index (χ3v) is 5.15. The van der Waals surface area contributed by atoms with Crippen molar-refractivity contribution in [1.82, 2.24) is 15.0 Å². The van der Waals surface area contributed by atoms with Gasteiger partial charge in [0.1, 0.15) is 18.0 Å². The highest BCUT2D eigenvalue weighted by Gasteiger charge is 2.45. The normalized spacial score (nSPS) is 26.1. The minimum absolute atomic E-state index is 0.391. The van der Waals surface area contributed by atoms with Crippen molar-refractivity contribution in [2.75, 3.05) is 22.9 Å². The maximum absolute atomic E-state index is 13.4. The summed E-state index contributed by atoms with van der Waals surface area (Å²) < 4.78 is 13.4. The van der Waals surface area contributed by atoms with Gasteiger partial charge in [-0.3, -0.25) is 0 Å². The predicted molar refractivity (Wildman–Crippen MR) is 85.1 cm³/mol. The number of rotatable bonds is 3. The van der Waals surface area contributed by atoms with Crippen LogP contribution in [0.2, 0.25) is 0 Å². The van der Waals surface area contributed by atoms with E-state index in [2.05, 4.69) is 30.8 Å². The minimum atomic E-state index is -0.408. The van der Waals surface area contributed by atoms with Crippen molar-refractivity contribution in [1.29, 1.82) is 0 Å². The van der Waals surface area contributed by atoms with Crippen molar-refractivity contribution in [2.24, 2.45) is 0 Å². The number of anilines is 2. The lowest BCUT2D eigenvalue weighted by Gasteiger charge is -2.57. The zero-order valence-corrected chi connectivity index (χ0v) is 12.8. The van der Waals surface area contributed by atoms with Gasteiger partial charge < -0.3 is 9.80 Å². The number of hydrogen-bond donors (Lipinski definition) is 0. The van der Waals surface area contributed by atoms with Gasteiger partial charge in [0.2, 0.25) is 5.95 Å². The van der Waals surface area contributed by atoms with Crippen molar-refractivity contribution in [3.05, 3.63) is 42.2 Å². The molecule has 3 aliphatic heterocycles. The molecule has 0 aromatic carbocycles. The molecule has 118 valence electrons. The van der Waals surface area contributed by atoms with Crippen LogP contribution in [0.15, 0.2) is 30.6 Å². The molecule has 1 aliphatic carbocycles. The van der Waals surface area contributed by atoms with Crippen LogP contribution in [0.5, 0.6) is 0 Å². The van der Waals surface area contributed by atoms with E-state index in [1.807, 2.05) is 6.07 Å². The minimum Gasteiger partial charge on any atom is -0.352 e. The second kappa shape index (κ2) is 4.88. The maximum atomic E-state index is 13.4. The fourth-order valence-corrected chi connectivity index (χ4v) is 3.85. The predicted octanol–water partition coefficient (Wildman–Crippen LogP) is 2.36. The third kappa shape index (κ3) is 2.24. The highest BCUT2D eigenvalue weighted by Crippen LogP contribution is 2.41. The van der Waals surface area contributed by atoms with E-state index in [1.165, 1.54) is 24.6 Å². The molecular weight excluding hydrogens is 293 g/mol. The highest BCUT2D eigenvalue weighted by molar-refractivity contribution is 5.52. The summed E-state index contributed by atoms with van der Waals surface area (Å²) >= 11 is 0. The van der Waals surface area contributed by atoms with E-state index in [0.717, 1.165) is 31.1 Å². The Morgan fingerprint density at radius 2 is 1.87 bits per heavy atom. The summed E-state index contributed by atoms with van der Waals surface area (Å²) in [6.07, 6.45) is 5.34. The van der Waals surface area contributed by atoms with Gasteiger partial charge in [-0.15, -0.1) is 0 Å². The lowest BCUT2D eigenvalue weighted by molar-refractivity contribution is 0.287. The van der Waals surface area contributed by atoms with E-state index in [-0.39, 0.29) is 0 Å². The second-order valence-corrected chi connectivity index (χ2v) is 6.75.